The predicted octanol–water partition coefficient (Wildman–Crippen LogP) is 3.41. The van der Waals surface area contributed by atoms with Gasteiger partial charge in [-0.1, -0.05) is 45.0 Å². The van der Waals surface area contributed by atoms with Gasteiger partial charge in [0, 0.05) is 13.1 Å². The van der Waals surface area contributed by atoms with Gasteiger partial charge in [-0.15, -0.1) is 0 Å². The molecule has 1 atom stereocenters. The summed E-state index contributed by atoms with van der Waals surface area (Å²) in [6.45, 7) is 10.9. The van der Waals surface area contributed by atoms with E-state index in [1.54, 1.807) is 11.1 Å². The van der Waals surface area contributed by atoms with Gasteiger partial charge in [-0.3, -0.25) is 0 Å². The van der Waals surface area contributed by atoms with Crippen molar-refractivity contribution in [3.8, 4) is 0 Å². The van der Waals surface area contributed by atoms with E-state index in [9.17, 15) is 0 Å². The van der Waals surface area contributed by atoms with Crippen molar-refractivity contribution in [3.63, 3.8) is 0 Å². The molecule has 1 aliphatic rings. The van der Waals surface area contributed by atoms with Crippen molar-refractivity contribution in [2.24, 2.45) is 11.1 Å². The summed E-state index contributed by atoms with van der Waals surface area (Å²) in [5, 5.41) is 0. The molecule has 112 valence electrons. The van der Waals surface area contributed by atoms with E-state index in [0.717, 1.165) is 19.6 Å². The molecular weight excluding hydrogens is 244 g/mol. The summed E-state index contributed by atoms with van der Waals surface area (Å²) < 4.78 is 0. The molecule has 20 heavy (non-hydrogen) atoms. The Morgan fingerprint density at radius 1 is 1.30 bits per heavy atom. The van der Waals surface area contributed by atoms with Crippen LogP contribution < -0.4 is 5.73 Å². The van der Waals surface area contributed by atoms with Gasteiger partial charge in [-0.05, 0) is 54.8 Å². The number of hydrogen-bond acceptors (Lipinski definition) is 2. The number of aryl methyl sites for hydroxylation is 1. The molecule has 0 saturated carbocycles. The zero-order valence-electron chi connectivity index (χ0n) is 13.4. The maximum Gasteiger partial charge on any atom is 0.00505 e. The number of fused-ring (bicyclic) bond motifs is 1. The Bertz CT molecular complexity index is 425. The Labute approximate surface area is 124 Å². The van der Waals surface area contributed by atoms with Crippen LogP contribution in [0.3, 0.4) is 0 Å². The molecule has 0 aliphatic heterocycles. The average molecular weight is 274 g/mol. The first kappa shape index (κ1) is 15.5. The molecule has 2 heteroatoms. The van der Waals surface area contributed by atoms with Crippen molar-refractivity contribution in [1.82, 2.24) is 4.90 Å². The molecule has 2 nitrogen and oxygen atoms in total. The van der Waals surface area contributed by atoms with Crippen molar-refractivity contribution >= 4 is 0 Å². The molecule has 0 saturated heterocycles. The zero-order chi connectivity index (χ0) is 14.6. The highest BCUT2D eigenvalue weighted by Crippen LogP contribution is 2.32. The van der Waals surface area contributed by atoms with Gasteiger partial charge < -0.3 is 10.6 Å². The maximum atomic E-state index is 5.89. The van der Waals surface area contributed by atoms with Gasteiger partial charge in [0.25, 0.3) is 0 Å². The maximum absolute atomic E-state index is 5.89. The third-order valence-corrected chi connectivity index (χ3v) is 4.62. The van der Waals surface area contributed by atoms with Crippen LogP contribution in [0, 0.1) is 5.41 Å². The number of nitrogens with zero attached hydrogens (tertiary/aromatic N) is 1. The Morgan fingerprint density at radius 2 is 2.05 bits per heavy atom. The van der Waals surface area contributed by atoms with E-state index in [-0.39, 0.29) is 5.41 Å². The summed E-state index contributed by atoms with van der Waals surface area (Å²) in [7, 11) is 0. The second kappa shape index (κ2) is 6.73. The summed E-state index contributed by atoms with van der Waals surface area (Å²) in [6.07, 6.45) is 3.92. The summed E-state index contributed by atoms with van der Waals surface area (Å²) in [4.78, 5) is 2.58. The van der Waals surface area contributed by atoms with E-state index in [2.05, 4.69) is 49.9 Å². The van der Waals surface area contributed by atoms with E-state index < -0.39 is 0 Å². The van der Waals surface area contributed by atoms with Crippen LogP contribution in [-0.4, -0.2) is 31.1 Å². The van der Waals surface area contributed by atoms with Crippen molar-refractivity contribution in [1.29, 1.82) is 0 Å². The fraction of sp³-hybridized carbons (Fsp3) is 0.667. The molecule has 0 spiro atoms. The lowest BCUT2D eigenvalue weighted by atomic mass is 9.82. The minimum Gasteiger partial charge on any atom is -0.330 e. The highest BCUT2D eigenvalue weighted by atomic mass is 15.1. The fourth-order valence-electron chi connectivity index (χ4n) is 3.33. The van der Waals surface area contributed by atoms with Gasteiger partial charge in [-0.25, -0.2) is 0 Å². The summed E-state index contributed by atoms with van der Waals surface area (Å²) >= 11 is 0. The quantitative estimate of drug-likeness (QED) is 0.861. The normalized spacial score (nSPS) is 19.1. The molecule has 1 aliphatic carbocycles. The Hall–Kier alpha value is -0.860. The number of rotatable bonds is 6. The molecule has 0 amide bonds. The lowest BCUT2D eigenvalue weighted by molar-refractivity contribution is 0.177. The average Bonchev–Trinajstić information content (AvgIpc) is 2.46. The van der Waals surface area contributed by atoms with Crippen LogP contribution in [-0.2, 0) is 6.42 Å². The minimum absolute atomic E-state index is 0.212. The van der Waals surface area contributed by atoms with Crippen LogP contribution in [0.5, 0.6) is 0 Å². The smallest absolute Gasteiger partial charge is 0.00505 e. The molecule has 2 N–H and O–H groups in total. The first-order chi connectivity index (χ1) is 9.55. The van der Waals surface area contributed by atoms with Gasteiger partial charge in [-0.2, -0.15) is 0 Å². The van der Waals surface area contributed by atoms with E-state index in [4.69, 9.17) is 5.73 Å². The Balaban J connectivity index is 2.05. The highest BCUT2D eigenvalue weighted by Gasteiger charge is 2.25. The van der Waals surface area contributed by atoms with Crippen LogP contribution in [0.4, 0.5) is 0 Å². The second-order valence-corrected chi connectivity index (χ2v) is 6.98. The summed E-state index contributed by atoms with van der Waals surface area (Å²) in [5.41, 5.74) is 9.26. The van der Waals surface area contributed by atoms with Gasteiger partial charge in [0.1, 0.15) is 0 Å². The topological polar surface area (TPSA) is 29.3 Å². The first-order valence-corrected chi connectivity index (χ1v) is 8.06. The van der Waals surface area contributed by atoms with Crippen molar-refractivity contribution in [2.45, 2.75) is 46.0 Å². The van der Waals surface area contributed by atoms with Gasteiger partial charge in [0.2, 0.25) is 0 Å². The molecule has 1 aromatic rings. The molecule has 1 aromatic carbocycles. The van der Waals surface area contributed by atoms with Crippen LogP contribution in [0.25, 0.3) is 0 Å². The highest BCUT2D eigenvalue weighted by molar-refractivity contribution is 5.32. The lowest BCUT2D eigenvalue weighted by Crippen LogP contribution is -2.40. The summed E-state index contributed by atoms with van der Waals surface area (Å²) in [6, 6.07) is 9.01. The minimum atomic E-state index is 0.212. The lowest BCUT2D eigenvalue weighted by Gasteiger charge is -2.35. The Morgan fingerprint density at radius 3 is 2.75 bits per heavy atom. The fourth-order valence-corrected chi connectivity index (χ4v) is 3.33. The standard InChI is InChI=1S/C18H30N2/c1-4-20(14-18(2,3)13-19)12-16-10-7-9-15-8-5-6-11-17(15)16/h5-6,8,11,16H,4,7,9-10,12-14,19H2,1-3H3. The van der Waals surface area contributed by atoms with Crippen molar-refractivity contribution in [2.75, 3.05) is 26.2 Å². The van der Waals surface area contributed by atoms with E-state index >= 15 is 0 Å². The second-order valence-electron chi connectivity index (χ2n) is 6.98. The van der Waals surface area contributed by atoms with E-state index in [1.807, 2.05) is 0 Å². The third kappa shape index (κ3) is 3.83. The van der Waals surface area contributed by atoms with Crippen LogP contribution >= 0.6 is 0 Å². The molecule has 2 rings (SSSR count). The third-order valence-electron chi connectivity index (χ3n) is 4.62. The van der Waals surface area contributed by atoms with Gasteiger partial charge >= 0.3 is 0 Å². The molecule has 0 fully saturated rings. The van der Waals surface area contributed by atoms with Crippen molar-refractivity contribution < 1.29 is 0 Å². The number of hydrogen-bond donors (Lipinski definition) is 1. The number of nitrogens with two attached hydrogens (primary N) is 1. The number of likely N-dealkylation sites (N-methyl/N-ethyl adjacent to an activating group) is 1. The first-order valence-electron chi connectivity index (χ1n) is 8.06. The molecule has 0 bridgehead atoms. The van der Waals surface area contributed by atoms with Crippen LogP contribution in [0.2, 0.25) is 0 Å². The summed E-state index contributed by atoms with van der Waals surface area (Å²) in [5.74, 6) is 0.702. The van der Waals surface area contributed by atoms with Crippen LogP contribution in [0.15, 0.2) is 24.3 Å². The molecule has 0 aromatic heterocycles. The molecule has 0 radical (unpaired) electrons. The van der Waals surface area contributed by atoms with E-state index in [1.165, 1.54) is 25.8 Å². The molecule has 0 heterocycles. The SMILES string of the molecule is CCN(CC1CCCc2ccccc21)CC(C)(C)CN. The van der Waals surface area contributed by atoms with Gasteiger partial charge in [0.15, 0.2) is 0 Å². The Kier molecular flexibility index (Phi) is 5.22. The predicted molar refractivity (Wildman–Crippen MR) is 87.1 cm³/mol. The number of benzene rings is 1. The van der Waals surface area contributed by atoms with Crippen LogP contribution in [0.1, 0.15) is 50.7 Å². The molecular formula is C18H30N2. The molecule has 1 unspecified atom stereocenters. The monoisotopic (exact) mass is 274 g/mol. The largest absolute Gasteiger partial charge is 0.330 e. The van der Waals surface area contributed by atoms with E-state index in [0.29, 0.717) is 5.92 Å². The zero-order valence-corrected chi connectivity index (χ0v) is 13.4. The van der Waals surface area contributed by atoms with Gasteiger partial charge in [0.05, 0.1) is 0 Å². The van der Waals surface area contributed by atoms with Crippen molar-refractivity contribution in [3.05, 3.63) is 35.4 Å².